The van der Waals surface area contributed by atoms with Crippen molar-refractivity contribution >= 4 is 35.7 Å². The van der Waals surface area contributed by atoms with E-state index in [1.807, 2.05) is 6.07 Å². The Morgan fingerprint density at radius 2 is 1.16 bits per heavy atom. The second kappa shape index (κ2) is 9.98. The molecule has 32 heavy (non-hydrogen) atoms. The van der Waals surface area contributed by atoms with Gasteiger partial charge in [-0.1, -0.05) is 30.4 Å². The second-order valence-electron chi connectivity index (χ2n) is 6.53. The maximum Gasteiger partial charge on any atom is 0.311 e. The van der Waals surface area contributed by atoms with Crippen molar-refractivity contribution in [3.05, 3.63) is 97.3 Å². The smallest absolute Gasteiger partial charge is 0.311 e. The average Bonchev–Trinajstić information content (AvgIpc) is 2.81. The molecule has 0 aliphatic heterocycles. The van der Waals surface area contributed by atoms with Crippen molar-refractivity contribution in [3.8, 4) is 11.5 Å². The lowest BCUT2D eigenvalue weighted by atomic mass is 10.1. The molecule has 3 aromatic rings. The van der Waals surface area contributed by atoms with E-state index in [1.165, 1.54) is 26.4 Å². The Hall–Kier alpha value is -4.53. The van der Waals surface area contributed by atoms with Crippen LogP contribution in [0.1, 0.15) is 22.5 Å². The summed E-state index contributed by atoms with van der Waals surface area (Å²) in [5, 5.41) is 22.3. The molecule has 1 heterocycles. The molecule has 0 N–H and O–H groups in total. The van der Waals surface area contributed by atoms with Gasteiger partial charge in [-0.2, -0.15) is 0 Å². The van der Waals surface area contributed by atoms with Crippen LogP contribution in [0.2, 0.25) is 0 Å². The molecule has 0 unspecified atom stereocenters. The molecule has 0 atom stereocenters. The van der Waals surface area contributed by atoms with Crippen LogP contribution in [0.3, 0.4) is 0 Å². The summed E-state index contributed by atoms with van der Waals surface area (Å²) in [5.74, 6) is 0.382. The predicted octanol–water partition coefficient (Wildman–Crippen LogP) is 5.26. The molecule has 0 radical (unpaired) electrons. The number of ether oxygens (including phenoxy) is 2. The fourth-order valence-electron chi connectivity index (χ4n) is 2.92. The maximum atomic E-state index is 11.2. The molecule has 0 spiro atoms. The molecule has 0 saturated carbocycles. The molecular formula is C23H19N3O6. The number of nitro benzene ring substituents is 2. The molecule has 9 nitrogen and oxygen atoms in total. The molecule has 2 aromatic carbocycles. The molecule has 9 heteroatoms. The summed E-state index contributed by atoms with van der Waals surface area (Å²) in [4.78, 5) is 25.8. The van der Waals surface area contributed by atoms with Gasteiger partial charge in [-0.15, -0.1) is 0 Å². The van der Waals surface area contributed by atoms with Crippen LogP contribution in [-0.2, 0) is 0 Å². The molecule has 0 amide bonds. The third-order valence-electron chi connectivity index (χ3n) is 4.48. The Labute approximate surface area is 183 Å². The fraction of sp³-hybridized carbons (Fsp3) is 0.0870. The van der Waals surface area contributed by atoms with Crippen LogP contribution in [0, 0.1) is 20.2 Å². The van der Waals surface area contributed by atoms with Gasteiger partial charge in [0.15, 0.2) is 11.5 Å². The molecule has 1 aromatic heterocycles. The van der Waals surface area contributed by atoms with E-state index in [0.717, 1.165) is 0 Å². The molecule has 162 valence electrons. The zero-order chi connectivity index (χ0) is 23.1. The van der Waals surface area contributed by atoms with Crippen LogP contribution >= 0.6 is 0 Å². The highest BCUT2D eigenvalue weighted by atomic mass is 16.6. The van der Waals surface area contributed by atoms with Crippen LogP contribution < -0.4 is 9.47 Å². The SMILES string of the molecule is COc1ccc(/C=C/c2cccc(/C=C/c3ccc(OC)c([N+](=O)[O-])c3)n2)cc1[N+](=O)[O-]. The highest BCUT2D eigenvalue weighted by Gasteiger charge is 2.15. The van der Waals surface area contributed by atoms with E-state index in [4.69, 9.17) is 9.47 Å². The van der Waals surface area contributed by atoms with Gasteiger partial charge in [-0.3, -0.25) is 20.2 Å². The van der Waals surface area contributed by atoms with Gasteiger partial charge in [0.25, 0.3) is 0 Å². The van der Waals surface area contributed by atoms with Crippen molar-refractivity contribution in [1.82, 2.24) is 4.98 Å². The summed E-state index contributed by atoms with van der Waals surface area (Å²) < 4.78 is 10.0. The van der Waals surface area contributed by atoms with Crippen molar-refractivity contribution in [3.63, 3.8) is 0 Å². The molecule has 0 aliphatic carbocycles. The number of methoxy groups -OCH3 is 2. The van der Waals surface area contributed by atoms with E-state index in [2.05, 4.69) is 4.98 Å². The minimum atomic E-state index is -0.497. The molecule has 0 saturated heterocycles. The normalized spacial score (nSPS) is 11.1. The number of benzene rings is 2. The summed E-state index contributed by atoms with van der Waals surface area (Å²) >= 11 is 0. The molecule has 3 rings (SSSR count). The van der Waals surface area contributed by atoms with E-state index < -0.39 is 9.85 Å². The summed E-state index contributed by atoms with van der Waals surface area (Å²) in [6.07, 6.45) is 6.91. The lowest BCUT2D eigenvalue weighted by Crippen LogP contribution is -1.94. The Morgan fingerprint density at radius 3 is 1.53 bits per heavy atom. The van der Waals surface area contributed by atoms with E-state index in [9.17, 15) is 20.2 Å². The van der Waals surface area contributed by atoms with Crippen molar-refractivity contribution in [2.24, 2.45) is 0 Å². The zero-order valence-electron chi connectivity index (χ0n) is 17.3. The first-order valence-corrected chi connectivity index (χ1v) is 9.39. The number of rotatable bonds is 8. The Balaban J connectivity index is 1.80. The van der Waals surface area contributed by atoms with Crippen LogP contribution in [0.25, 0.3) is 24.3 Å². The quantitative estimate of drug-likeness (QED) is 0.351. The number of pyridine rings is 1. The first-order chi connectivity index (χ1) is 15.4. The monoisotopic (exact) mass is 433 g/mol. The Bertz CT molecular complexity index is 1130. The highest BCUT2D eigenvalue weighted by Crippen LogP contribution is 2.29. The van der Waals surface area contributed by atoms with Crippen molar-refractivity contribution in [2.75, 3.05) is 14.2 Å². The minimum absolute atomic E-state index is 0.118. The van der Waals surface area contributed by atoms with Gasteiger partial charge in [0.1, 0.15) is 0 Å². The summed E-state index contributed by atoms with van der Waals surface area (Å²) in [5.41, 5.74) is 2.31. The van der Waals surface area contributed by atoms with Gasteiger partial charge in [0, 0.05) is 12.1 Å². The zero-order valence-corrected chi connectivity index (χ0v) is 17.3. The van der Waals surface area contributed by atoms with Crippen LogP contribution in [0.4, 0.5) is 11.4 Å². The van der Waals surface area contributed by atoms with Crippen molar-refractivity contribution in [1.29, 1.82) is 0 Å². The highest BCUT2D eigenvalue weighted by molar-refractivity contribution is 5.73. The van der Waals surface area contributed by atoms with Crippen LogP contribution in [0.5, 0.6) is 11.5 Å². The van der Waals surface area contributed by atoms with Gasteiger partial charge in [-0.05, 0) is 47.5 Å². The van der Waals surface area contributed by atoms with Crippen LogP contribution in [-0.4, -0.2) is 29.1 Å². The third kappa shape index (κ3) is 5.33. The van der Waals surface area contributed by atoms with Gasteiger partial charge in [-0.25, -0.2) is 4.98 Å². The number of hydrogen-bond donors (Lipinski definition) is 0. The molecular weight excluding hydrogens is 414 g/mol. The maximum absolute atomic E-state index is 11.2. The molecule has 0 bridgehead atoms. The topological polar surface area (TPSA) is 118 Å². The average molecular weight is 433 g/mol. The minimum Gasteiger partial charge on any atom is -0.490 e. The number of aromatic nitrogens is 1. The van der Waals surface area contributed by atoms with E-state index >= 15 is 0 Å². The Morgan fingerprint density at radius 1 is 0.719 bits per heavy atom. The van der Waals surface area contributed by atoms with Crippen molar-refractivity contribution < 1.29 is 19.3 Å². The first-order valence-electron chi connectivity index (χ1n) is 9.39. The van der Waals surface area contributed by atoms with E-state index in [1.54, 1.807) is 60.7 Å². The number of nitro groups is 2. The summed E-state index contributed by atoms with van der Waals surface area (Å²) in [7, 11) is 2.76. The lowest BCUT2D eigenvalue weighted by molar-refractivity contribution is -0.385. The summed E-state index contributed by atoms with van der Waals surface area (Å²) in [6, 6.07) is 14.8. The Kier molecular flexibility index (Phi) is 6.92. The van der Waals surface area contributed by atoms with Crippen LogP contribution in [0.15, 0.2) is 54.6 Å². The molecule has 0 aliphatic rings. The first kappa shape index (κ1) is 22.2. The second-order valence-corrected chi connectivity index (χ2v) is 6.53. The number of hydrogen-bond acceptors (Lipinski definition) is 7. The lowest BCUT2D eigenvalue weighted by Gasteiger charge is -2.03. The third-order valence-corrected chi connectivity index (χ3v) is 4.48. The largest absolute Gasteiger partial charge is 0.490 e. The van der Waals surface area contributed by atoms with Crippen molar-refractivity contribution in [2.45, 2.75) is 0 Å². The van der Waals surface area contributed by atoms with Gasteiger partial charge in [0.2, 0.25) is 0 Å². The number of nitrogens with zero attached hydrogens (tertiary/aromatic N) is 3. The van der Waals surface area contributed by atoms with E-state index in [0.29, 0.717) is 22.5 Å². The van der Waals surface area contributed by atoms with E-state index in [-0.39, 0.29) is 22.9 Å². The standard InChI is InChI=1S/C23H19N3O6/c1-31-22-12-8-16(14-20(22)25(27)28)6-10-18-4-3-5-19(24-18)11-7-17-9-13-23(32-2)21(15-17)26(29)30/h3-15H,1-2H3/b10-6+,11-7+. The van der Waals surface area contributed by atoms with Gasteiger partial charge in [0.05, 0.1) is 35.5 Å². The summed E-state index contributed by atoms with van der Waals surface area (Å²) in [6.45, 7) is 0. The van der Waals surface area contributed by atoms with Gasteiger partial charge < -0.3 is 9.47 Å². The fourth-order valence-corrected chi connectivity index (χ4v) is 2.92. The predicted molar refractivity (Wildman–Crippen MR) is 121 cm³/mol. The van der Waals surface area contributed by atoms with Gasteiger partial charge >= 0.3 is 11.4 Å². The molecule has 0 fully saturated rings.